The van der Waals surface area contributed by atoms with Gasteiger partial charge in [-0.3, -0.25) is 15.2 Å². The van der Waals surface area contributed by atoms with Crippen molar-refractivity contribution in [2.24, 2.45) is 0 Å². The van der Waals surface area contributed by atoms with Crippen LogP contribution in [0, 0.1) is 0 Å². The fraction of sp³-hybridized carbons (Fsp3) is 0.455. The molecule has 0 bridgehead atoms. The lowest BCUT2D eigenvalue weighted by atomic mass is 9.88. The summed E-state index contributed by atoms with van der Waals surface area (Å²) in [5.41, 5.74) is 1.92. The number of nitrogens with one attached hydrogen (secondary N) is 2. The Kier molecular flexibility index (Phi) is 13.2. The number of methoxy groups -OCH3 is 1. The summed E-state index contributed by atoms with van der Waals surface area (Å²) in [7, 11) is -11.1. The summed E-state index contributed by atoms with van der Waals surface area (Å²) in [5.74, 6) is 0.124. The highest BCUT2D eigenvalue weighted by Crippen LogP contribution is 2.46. The molecule has 0 amide bonds. The molecule has 3 N–H and O–H groups in total. The molecule has 314 valence electrons. The summed E-state index contributed by atoms with van der Waals surface area (Å²) in [6.45, 7) is 8.13. The third kappa shape index (κ3) is 9.02. The number of rotatable bonds is 15. The van der Waals surface area contributed by atoms with Crippen LogP contribution in [0.5, 0.6) is 11.5 Å². The Bertz CT molecular complexity index is 2420. The molecule has 4 atom stereocenters. The van der Waals surface area contributed by atoms with Gasteiger partial charge in [0.25, 0.3) is 10.1 Å². The van der Waals surface area contributed by atoms with Crippen molar-refractivity contribution in [3.05, 3.63) is 113 Å². The molecule has 6 rings (SSSR count). The molecule has 14 heteroatoms. The molecule has 0 saturated heterocycles. The molecule has 0 aliphatic carbocycles. The second kappa shape index (κ2) is 17.4. The van der Waals surface area contributed by atoms with Crippen LogP contribution in [0.2, 0.25) is 0 Å². The smallest absolute Gasteiger partial charge is 0.294 e. The van der Waals surface area contributed by atoms with Crippen LogP contribution in [-0.4, -0.2) is 59.5 Å². The van der Waals surface area contributed by atoms with E-state index in [1.807, 2.05) is 81.4 Å². The molecule has 4 aromatic rings. The fourth-order valence-electron chi connectivity index (χ4n) is 8.53. The van der Waals surface area contributed by atoms with Crippen molar-refractivity contribution in [3.63, 3.8) is 0 Å². The topological polar surface area (TPSA) is 165 Å². The standard InChI is InChI=1S/C44H56N2O9S3/c1-6-10-25-43(8-3)29-56(47,48)38-27-34(58(51,52)53)21-22-35(38)39(45-43)33-19-17-31(18-20-33)28-55-41-37(54-5)24-23-36-40(32-15-13-12-14-16-32)46-44(9-4,26-11-7-2)30-57(49,50)42(36)41/h12-24,27,39-40,45-46H,6-11,25-26,28-30H2,1-5H3,(H,51,52,53)/t39-,40-,43-,44-/m1/s1. The molecule has 11 nitrogen and oxygen atoms in total. The molecule has 4 aromatic carbocycles. The normalized spacial score (nSPS) is 23.8. The summed E-state index contributed by atoms with van der Waals surface area (Å²) < 4.78 is 104. The van der Waals surface area contributed by atoms with Crippen LogP contribution >= 0.6 is 0 Å². The van der Waals surface area contributed by atoms with Crippen LogP contribution in [0.4, 0.5) is 0 Å². The number of fused-ring (bicyclic) bond motifs is 2. The maximum Gasteiger partial charge on any atom is 0.294 e. The maximum absolute atomic E-state index is 14.6. The second-order valence-corrected chi connectivity index (χ2v) is 21.1. The van der Waals surface area contributed by atoms with Crippen LogP contribution in [0.15, 0.2) is 99.6 Å². The summed E-state index contributed by atoms with van der Waals surface area (Å²) in [5, 5.41) is 7.48. The predicted molar refractivity (Wildman–Crippen MR) is 226 cm³/mol. The van der Waals surface area contributed by atoms with Crippen molar-refractivity contribution in [1.29, 1.82) is 0 Å². The van der Waals surface area contributed by atoms with E-state index in [9.17, 15) is 29.8 Å². The Hall–Kier alpha value is -3.79. The van der Waals surface area contributed by atoms with Gasteiger partial charge in [0.2, 0.25) is 0 Å². The van der Waals surface area contributed by atoms with E-state index in [1.54, 1.807) is 6.07 Å². The summed E-state index contributed by atoms with van der Waals surface area (Å²) in [6, 6.07) is 23.6. The van der Waals surface area contributed by atoms with Crippen molar-refractivity contribution in [2.45, 2.75) is 124 Å². The largest absolute Gasteiger partial charge is 0.493 e. The zero-order valence-corrected chi connectivity index (χ0v) is 36.4. The minimum Gasteiger partial charge on any atom is -0.493 e. The van der Waals surface area contributed by atoms with Crippen LogP contribution in [0.1, 0.15) is 119 Å². The number of hydrogen-bond acceptors (Lipinski definition) is 10. The Morgan fingerprint density at radius 2 is 1.28 bits per heavy atom. The summed E-state index contributed by atoms with van der Waals surface area (Å²) in [4.78, 5) is -0.506. The molecule has 58 heavy (non-hydrogen) atoms. The molecular weight excluding hydrogens is 797 g/mol. The molecule has 2 aliphatic rings. The van der Waals surface area contributed by atoms with Crippen molar-refractivity contribution in [3.8, 4) is 11.5 Å². The van der Waals surface area contributed by atoms with Crippen LogP contribution < -0.4 is 20.1 Å². The Morgan fingerprint density at radius 3 is 1.83 bits per heavy atom. The number of ether oxygens (including phenoxy) is 2. The van der Waals surface area contributed by atoms with E-state index in [2.05, 4.69) is 17.6 Å². The fourth-order valence-corrected chi connectivity index (χ4v) is 13.6. The molecular formula is C44H56N2O9S3. The average molecular weight is 853 g/mol. The first-order chi connectivity index (χ1) is 27.5. The van der Waals surface area contributed by atoms with Crippen molar-refractivity contribution >= 4 is 29.8 Å². The quantitative estimate of drug-likeness (QED) is 0.0990. The lowest BCUT2D eigenvalue weighted by Gasteiger charge is -2.36. The third-order valence-electron chi connectivity index (χ3n) is 11.9. The summed E-state index contributed by atoms with van der Waals surface area (Å²) >= 11 is 0. The first-order valence-corrected chi connectivity index (χ1v) is 24.9. The van der Waals surface area contributed by atoms with Gasteiger partial charge >= 0.3 is 0 Å². The molecule has 0 fully saturated rings. The van der Waals surface area contributed by atoms with E-state index in [-0.39, 0.29) is 33.7 Å². The number of unbranched alkanes of at least 4 members (excludes halogenated alkanes) is 2. The number of sulfone groups is 2. The van der Waals surface area contributed by atoms with E-state index in [1.165, 1.54) is 19.2 Å². The molecule has 0 unspecified atom stereocenters. The SMILES string of the molecule is CCCC[C@]1(CC)CS(=O)(=O)c2cc(S(=O)(=O)O)ccc2[C@@H](c2ccc(COc3c(OC)ccc4c3S(=O)(=O)C[C@@](CC)(CCCC)N[C@@H]4c3ccccc3)cc2)N1. The molecule has 0 radical (unpaired) electrons. The minimum absolute atomic E-state index is 0.0109. The van der Waals surface area contributed by atoms with Crippen molar-refractivity contribution in [1.82, 2.24) is 10.6 Å². The first-order valence-electron chi connectivity index (χ1n) is 20.1. The minimum atomic E-state index is -4.66. The number of benzene rings is 4. The van der Waals surface area contributed by atoms with Gasteiger partial charge in [0, 0.05) is 11.1 Å². The highest BCUT2D eigenvalue weighted by Gasteiger charge is 2.45. The zero-order valence-electron chi connectivity index (χ0n) is 34.0. The monoisotopic (exact) mass is 852 g/mol. The highest BCUT2D eigenvalue weighted by molar-refractivity contribution is 7.92. The van der Waals surface area contributed by atoms with Gasteiger partial charge in [0.05, 0.1) is 40.5 Å². The Labute approximate surface area is 344 Å². The van der Waals surface area contributed by atoms with Gasteiger partial charge in [0.1, 0.15) is 11.5 Å². The van der Waals surface area contributed by atoms with Crippen molar-refractivity contribution < 1.29 is 39.3 Å². The molecule has 0 aromatic heterocycles. The van der Waals surface area contributed by atoms with E-state index in [4.69, 9.17) is 9.47 Å². The van der Waals surface area contributed by atoms with E-state index < -0.39 is 57.8 Å². The van der Waals surface area contributed by atoms with Crippen molar-refractivity contribution in [2.75, 3.05) is 18.6 Å². The lowest BCUT2D eigenvalue weighted by molar-refractivity contribution is 0.274. The lowest BCUT2D eigenvalue weighted by Crippen LogP contribution is -2.50. The van der Waals surface area contributed by atoms with E-state index in [0.29, 0.717) is 42.6 Å². The van der Waals surface area contributed by atoms with Gasteiger partial charge in [0.15, 0.2) is 31.2 Å². The molecule has 0 saturated carbocycles. The summed E-state index contributed by atoms with van der Waals surface area (Å²) in [6.07, 6.45) is 5.87. The maximum atomic E-state index is 14.6. The highest BCUT2D eigenvalue weighted by atomic mass is 32.2. The second-order valence-electron chi connectivity index (χ2n) is 15.8. The molecule has 0 spiro atoms. The van der Waals surface area contributed by atoms with Gasteiger partial charge < -0.3 is 9.47 Å². The van der Waals surface area contributed by atoms with Gasteiger partial charge in [-0.1, -0.05) is 120 Å². The van der Waals surface area contributed by atoms with Crippen LogP contribution in [-0.2, 0) is 36.4 Å². The molecule has 2 heterocycles. The number of hydrogen-bond donors (Lipinski definition) is 3. The van der Waals surface area contributed by atoms with Gasteiger partial charge in [-0.05, 0) is 71.7 Å². The Balaban J connectivity index is 1.39. The Morgan fingerprint density at radius 1 is 0.724 bits per heavy atom. The molecule has 2 aliphatic heterocycles. The predicted octanol–water partition coefficient (Wildman–Crippen LogP) is 8.13. The third-order valence-corrected chi connectivity index (χ3v) is 16.7. The average Bonchev–Trinajstić information content (AvgIpc) is 3.38. The van der Waals surface area contributed by atoms with Crippen LogP contribution in [0.25, 0.3) is 0 Å². The van der Waals surface area contributed by atoms with E-state index >= 15 is 0 Å². The van der Waals surface area contributed by atoms with E-state index in [0.717, 1.165) is 48.4 Å². The van der Waals surface area contributed by atoms with Gasteiger partial charge in [-0.15, -0.1) is 0 Å². The zero-order chi connectivity index (χ0) is 41.9. The first kappa shape index (κ1) is 43.8. The van der Waals surface area contributed by atoms with Gasteiger partial charge in [-0.25, -0.2) is 16.8 Å². The van der Waals surface area contributed by atoms with Gasteiger partial charge in [-0.2, -0.15) is 8.42 Å². The van der Waals surface area contributed by atoms with Crippen LogP contribution in [0.3, 0.4) is 0 Å².